The van der Waals surface area contributed by atoms with Crippen LogP contribution in [0.5, 0.6) is 0 Å². The van der Waals surface area contributed by atoms with Gasteiger partial charge in [-0.1, -0.05) is 13.3 Å². The van der Waals surface area contributed by atoms with Crippen LogP contribution in [0.1, 0.15) is 65.2 Å². The van der Waals surface area contributed by atoms with Gasteiger partial charge < -0.3 is 11.1 Å². The number of nitrogens with two attached hydrogens (primary N) is 1. The van der Waals surface area contributed by atoms with Crippen molar-refractivity contribution in [3.8, 4) is 0 Å². The third-order valence-electron chi connectivity index (χ3n) is 6.08. The van der Waals surface area contributed by atoms with Gasteiger partial charge in [0.2, 0.25) is 5.91 Å². The van der Waals surface area contributed by atoms with Crippen LogP contribution in [0.15, 0.2) is 0 Å². The van der Waals surface area contributed by atoms with E-state index >= 15 is 0 Å². The summed E-state index contributed by atoms with van der Waals surface area (Å²) in [4.78, 5) is 12.3. The highest BCUT2D eigenvalue weighted by molar-refractivity contribution is 5.85. The van der Waals surface area contributed by atoms with Crippen LogP contribution in [0.4, 0.5) is 0 Å². The van der Waals surface area contributed by atoms with Gasteiger partial charge in [-0.2, -0.15) is 0 Å². The van der Waals surface area contributed by atoms with Gasteiger partial charge in [0.25, 0.3) is 0 Å². The first kappa shape index (κ1) is 14.4. The maximum absolute atomic E-state index is 12.3. The van der Waals surface area contributed by atoms with Crippen molar-refractivity contribution in [2.75, 3.05) is 6.54 Å². The molecule has 3 nitrogen and oxygen atoms in total. The average Bonchev–Trinajstić information content (AvgIpc) is 2.34. The van der Waals surface area contributed by atoms with E-state index < -0.39 is 5.54 Å². The van der Waals surface area contributed by atoms with Gasteiger partial charge in [-0.25, -0.2) is 0 Å². The summed E-state index contributed by atoms with van der Waals surface area (Å²) in [5, 5.41) is 3.20. The highest BCUT2D eigenvalue weighted by Gasteiger charge is 2.51. The van der Waals surface area contributed by atoms with E-state index in [4.69, 9.17) is 5.73 Å². The minimum atomic E-state index is -0.697. The van der Waals surface area contributed by atoms with Crippen LogP contribution in [0.25, 0.3) is 0 Å². The summed E-state index contributed by atoms with van der Waals surface area (Å²) in [6.07, 6.45) is 10.1. The van der Waals surface area contributed by atoms with Crippen molar-refractivity contribution in [2.24, 2.45) is 28.9 Å². The lowest BCUT2D eigenvalue weighted by atomic mass is 9.49. The molecule has 1 unspecified atom stereocenters. The lowest BCUT2D eigenvalue weighted by Gasteiger charge is -2.57. The monoisotopic (exact) mass is 278 g/mol. The van der Waals surface area contributed by atoms with Crippen LogP contribution < -0.4 is 11.1 Å². The molecule has 0 aromatic carbocycles. The van der Waals surface area contributed by atoms with Crippen molar-refractivity contribution < 1.29 is 4.79 Å². The fourth-order valence-corrected chi connectivity index (χ4v) is 5.61. The summed E-state index contributed by atoms with van der Waals surface area (Å²) in [6.45, 7) is 4.81. The number of carbonyl (C=O) groups is 1. The Morgan fingerprint density at radius 3 is 2.15 bits per heavy atom. The molecule has 3 N–H and O–H groups in total. The molecule has 0 radical (unpaired) electrons. The average molecular weight is 278 g/mol. The maximum Gasteiger partial charge on any atom is 0.239 e. The van der Waals surface area contributed by atoms with Crippen molar-refractivity contribution in [1.82, 2.24) is 5.32 Å². The Hall–Kier alpha value is -0.570. The van der Waals surface area contributed by atoms with Crippen molar-refractivity contribution >= 4 is 5.91 Å². The second-order valence-corrected chi connectivity index (χ2v) is 8.27. The molecule has 4 fully saturated rings. The van der Waals surface area contributed by atoms with Crippen LogP contribution in [0.2, 0.25) is 0 Å². The number of rotatable bonds is 5. The molecule has 0 aromatic rings. The van der Waals surface area contributed by atoms with Gasteiger partial charge in [-0.05, 0) is 75.0 Å². The second-order valence-electron chi connectivity index (χ2n) is 8.27. The molecule has 4 saturated carbocycles. The molecule has 114 valence electrons. The first-order chi connectivity index (χ1) is 9.42. The molecule has 1 amide bonds. The zero-order chi connectivity index (χ0) is 14.4. The van der Waals surface area contributed by atoms with Gasteiger partial charge in [0, 0.05) is 6.54 Å². The summed E-state index contributed by atoms with van der Waals surface area (Å²) in [5.74, 6) is 2.88. The van der Waals surface area contributed by atoms with E-state index in [1.807, 2.05) is 6.92 Å². The molecule has 3 heteroatoms. The number of amides is 1. The molecule has 0 spiro atoms. The summed E-state index contributed by atoms with van der Waals surface area (Å²) in [5.41, 5.74) is 5.85. The van der Waals surface area contributed by atoms with Crippen molar-refractivity contribution in [3.05, 3.63) is 0 Å². The predicted molar refractivity (Wildman–Crippen MR) is 81.1 cm³/mol. The minimum absolute atomic E-state index is 0.0510. The van der Waals surface area contributed by atoms with Gasteiger partial charge >= 0.3 is 0 Å². The Bertz CT molecular complexity index is 353. The van der Waals surface area contributed by atoms with Crippen LogP contribution in [0.3, 0.4) is 0 Å². The number of carbonyl (C=O) groups excluding carboxylic acids is 1. The largest absolute Gasteiger partial charge is 0.354 e. The van der Waals surface area contributed by atoms with Crippen LogP contribution in [-0.4, -0.2) is 18.0 Å². The van der Waals surface area contributed by atoms with E-state index in [-0.39, 0.29) is 5.91 Å². The standard InChI is InChI=1S/C17H30N2O/c1-3-4-16(2,18)15(20)19-11-17-8-12-5-13(9-17)7-14(6-12)10-17/h12-14H,3-11,18H2,1-2H3,(H,19,20). The van der Waals surface area contributed by atoms with Crippen LogP contribution in [-0.2, 0) is 4.79 Å². The van der Waals surface area contributed by atoms with E-state index in [0.29, 0.717) is 5.41 Å². The highest BCUT2D eigenvalue weighted by Crippen LogP contribution is 2.59. The predicted octanol–water partition coefficient (Wildman–Crippen LogP) is 2.84. The highest BCUT2D eigenvalue weighted by atomic mass is 16.2. The molecule has 0 heterocycles. The molecule has 20 heavy (non-hydrogen) atoms. The zero-order valence-electron chi connectivity index (χ0n) is 13.1. The van der Waals surface area contributed by atoms with E-state index in [2.05, 4.69) is 12.2 Å². The Kier molecular flexibility index (Phi) is 3.60. The molecule has 0 saturated heterocycles. The minimum Gasteiger partial charge on any atom is -0.354 e. The normalized spacial score (nSPS) is 41.5. The number of hydrogen-bond donors (Lipinski definition) is 2. The van der Waals surface area contributed by atoms with Crippen molar-refractivity contribution in [1.29, 1.82) is 0 Å². The fraction of sp³-hybridized carbons (Fsp3) is 0.941. The second kappa shape index (κ2) is 5.01. The SMILES string of the molecule is CCCC(C)(N)C(=O)NCC12CC3CC(CC(C3)C1)C2. The number of hydrogen-bond acceptors (Lipinski definition) is 2. The van der Waals surface area contributed by atoms with E-state index in [9.17, 15) is 4.79 Å². The Balaban J connectivity index is 1.60. The molecule has 4 rings (SSSR count). The van der Waals surface area contributed by atoms with Gasteiger partial charge in [0.05, 0.1) is 5.54 Å². The van der Waals surface area contributed by atoms with Gasteiger partial charge in [-0.15, -0.1) is 0 Å². The third-order valence-corrected chi connectivity index (χ3v) is 6.08. The summed E-state index contributed by atoms with van der Waals surface area (Å²) in [6, 6.07) is 0. The Morgan fingerprint density at radius 1 is 1.20 bits per heavy atom. The molecular weight excluding hydrogens is 248 g/mol. The van der Waals surface area contributed by atoms with Gasteiger partial charge in [-0.3, -0.25) is 4.79 Å². The van der Waals surface area contributed by atoms with Crippen molar-refractivity contribution in [2.45, 2.75) is 70.8 Å². The third kappa shape index (κ3) is 2.61. The molecule has 4 aliphatic rings. The lowest BCUT2D eigenvalue weighted by molar-refractivity contribution is -0.128. The topological polar surface area (TPSA) is 55.1 Å². The molecule has 1 atom stereocenters. The fourth-order valence-electron chi connectivity index (χ4n) is 5.61. The quantitative estimate of drug-likeness (QED) is 0.812. The first-order valence-electron chi connectivity index (χ1n) is 8.50. The Labute approximate surface area is 123 Å². The van der Waals surface area contributed by atoms with Crippen LogP contribution in [0, 0.1) is 23.2 Å². The van der Waals surface area contributed by atoms with Gasteiger partial charge in [0.15, 0.2) is 0 Å². The molecule has 4 bridgehead atoms. The van der Waals surface area contributed by atoms with E-state index in [1.165, 1.54) is 38.5 Å². The first-order valence-corrected chi connectivity index (χ1v) is 8.50. The van der Waals surface area contributed by atoms with E-state index in [0.717, 1.165) is 37.1 Å². The maximum atomic E-state index is 12.3. The summed E-state index contributed by atoms with van der Waals surface area (Å²) >= 11 is 0. The smallest absolute Gasteiger partial charge is 0.239 e. The zero-order valence-corrected chi connectivity index (χ0v) is 13.1. The van der Waals surface area contributed by atoms with Crippen molar-refractivity contribution in [3.63, 3.8) is 0 Å². The van der Waals surface area contributed by atoms with Gasteiger partial charge in [0.1, 0.15) is 0 Å². The number of nitrogens with one attached hydrogen (secondary N) is 1. The molecule has 4 aliphatic carbocycles. The molecule has 0 aliphatic heterocycles. The molecule has 0 aromatic heterocycles. The Morgan fingerprint density at radius 2 is 1.70 bits per heavy atom. The molecular formula is C17H30N2O. The van der Waals surface area contributed by atoms with E-state index in [1.54, 1.807) is 0 Å². The lowest BCUT2D eigenvalue weighted by Crippen LogP contribution is -2.56. The summed E-state index contributed by atoms with van der Waals surface area (Å²) < 4.78 is 0. The van der Waals surface area contributed by atoms with Crippen LogP contribution >= 0.6 is 0 Å². The summed E-state index contributed by atoms with van der Waals surface area (Å²) in [7, 11) is 0.